The number of ether oxygens (including phenoxy) is 1. The molecule has 5 heteroatoms. The quantitative estimate of drug-likeness (QED) is 0.711. The molecule has 0 bridgehead atoms. The van der Waals surface area contributed by atoms with E-state index in [1.807, 2.05) is 6.07 Å². The Labute approximate surface area is 160 Å². The van der Waals surface area contributed by atoms with E-state index < -0.39 is 0 Å². The molecule has 0 aliphatic carbocycles. The molecule has 2 aromatic carbocycles. The maximum Gasteiger partial charge on any atom is 0.227 e. The molecule has 0 radical (unpaired) electrons. The molecule has 0 saturated heterocycles. The highest BCUT2D eigenvalue weighted by atomic mass is 16.5. The van der Waals surface area contributed by atoms with Crippen molar-refractivity contribution in [1.29, 1.82) is 0 Å². The summed E-state index contributed by atoms with van der Waals surface area (Å²) >= 11 is 0. The predicted octanol–water partition coefficient (Wildman–Crippen LogP) is 3.58. The van der Waals surface area contributed by atoms with E-state index in [0.29, 0.717) is 5.92 Å². The predicted molar refractivity (Wildman–Crippen MR) is 108 cm³/mol. The molecule has 4 rings (SSSR count). The summed E-state index contributed by atoms with van der Waals surface area (Å²) in [5.74, 6) is 3.28. The maximum atomic E-state index is 5.42. The van der Waals surface area contributed by atoms with E-state index in [4.69, 9.17) is 4.74 Å². The van der Waals surface area contributed by atoms with Gasteiger partial charge in [-0.05, 0) is 41.2 Å². The van der Waals surface area contributed by atoms with Crippen molar-refractivity contribution in [2.75, 3.05) is 25.1 Å². The van der Waals surface area contributed by atoms with Crippen LogP contribution in [0.4, 0.5) is 5.95 Å². The van der Waals surface area contributed by atoms with Crippen molar-refractivity contribution in [3.8, 4) is 5.75 Å². The first kappa shape index (κ1) is 17.6. The highest BCUT2D eigenvalue weighted by Gasteiger charge is 2.24. The molecule has 140 valence electrons. The van der Waals surface area contributed by atoms with Gasteiger partial charge in [0.2, 0.25) is 5.95 Å². The molecule has 1 aliphatic heterocycles. The molecule has 0 spiro atoms. The zero-order valence-corrected chi connectivity index (χ0v) is 16.2. The average Bonchev–Trinajstić information content (AvgIpc) is 2.96. The lowest BCUT2D eigenvalue weighted by Gasteiger charge is -2.23. The van der Waals surface area contributed by atoms with Crippen molar-refractivity contribution in [3.05, 3.63) is 71.0 Å². The van der Waals surface area contributed by atoms with Crippen molar-refractivity contribution in [2.45, 2.75) is 25.7 Å². The van der Waals surface area contributed by atoms with E-state index in [-0.39, 0.29) is 0 Å². The summed E-state index contributed by atoms with van der Waals surface area (Å²) < 4.78 is 7.56. The first-order valence-corrected chi connectivity index (χ1v) is 9.49. The highest BCUT2D eigenvalue weighted by molar-refractivity contribution is 5.43. The maximum absolute atomic E-state index is 5.42. The molecular weight excluding hydrogens is 336 g/mol. The summed E-state index contributed by atoms with van der Waals surface area (Å²) in [7, 11) is 3.79. The van der Waals surface area contributed by atoms with Gasteiger partial charge < -0.3 is 14.2 Å². The Bertz CT molecular complexity index is 919. The molecule has 0 amide bonds. The first-order chi connectivity index (χ1) is 13.2. The number of aromatic nitrogens is 3. The number of nitrogens with zero attached hydrogens (tertiary/aromatic N) is 4. The largest absolute Gasteiger partial charge is 0.497 e. The van der Waals surface area contributed by atoms with Gasteiger partial charge in [0, 0.05) is 26.6 Å². The lowest BCUT2D eigenvalue weighted by atomic mass is 9.95. The summed E-state index contributed by atoms with van der Waals surface area (Å²) in [6.45, 7) is 4.15. The standard InChI is InChI=1S/C22H26N4O/c1-16-15-26(12-11-18-9-10-19(27-3)14-20(16)18)22-24-23-21(25(22)2)13-17-7-5-4-6-8-17/h4-10,14,16H,11-13,15H2,1-3H3. The SMILES string of the molecule is COc1ccc2c(c1)C(C)CN(c1nnc(Cc3ccccc3)n1C)CC2. The van der Waals surface area contributed by atoms with Gasteiger partial charge >= 0.3 is 0 Å². The van der Waals surface area contributed by atoms with E-state index in [0.717, 1.165) is 43.5 Å². The summed E-state index contributed by atoms with van der Waals surface area (Å²) in [5, 5.41) is 8.99. The van der Waals surface area contributed by atoms with Crippen LogP contribution in [0.2, 0.25) is 0 Å². The topological polar surface area (TPSA) is 43.2 Å². The molecule has 1 aromatic heterocycles. The number of benzene rings is 2. The fourth-order valence-corrected chi connectivity index (χ4v) is 3.90. The number of hydrogen-bond donors (Lipinski definition) is 0. The van der Waals surface area contributed by atoms with Crippen molar-refractivity contribution in [1.82, 2.24) is 14.8 Å². The third-order valence-corrected chi connectivity index (χ3v) is 5.46. The van der Waals surface area contributed by atoms with Gasteiger partial charge in [0.15, 0.2) is 0 Å². The normalized spacial score (nSPS) is 16.7. The van der Waals surface area contributed by atoms with Gasteiger partial charge in [-0.2, -0.15) is 0 Å². The minimum atomic E-state index is 0.409. The van der Waals surface area contributed by atoms with Crippen LogP contribution in [-0.2, 0) is 19.9 Å². The van der Waals surface area contributed by atoms with Crippen LogP contribution < -0.4 is 9.64 Å². The Morgan fingerprint density at radius 2 is 1.93 bits per heavy atom. The van der Waals surface area contributed by atoms with Gasteiger partial charge in [-0.15, -0.1) is 10.2 Å². The van der Waals surface area contributed by atoms with E-state index >= 15 is 0 Å². The summed E-state index contributed by atoms with van der Waals surface area (Å²) in [5.41, 5.74) is 4.03. The van der Waals surface area contributed by atoms with Gasteiger partial charge in [-0.25, -0.2) is 0 Å². The molecular formula is C22H26N4O. The number of anilines is 1. The minimum absolute atomic E-state index is 0.409. The Balaban J connectivity index is 1.56. The van der Waals surface area contributed by atoms with Crippen molar-refractivity contribution in [3.63, 3.8) is 0 Å². The Kier molecular flexibility index (Phi) is 4.84. The lowest BCUT2D eigenvalue weighted by Crippen LogP contribution is -2.30. The van der Waals surface area contributed by atoms with Gasteiger partial charge in [-0.1, -0.05) is 43.3 Å². The van der Waals surface area contributed by atoms with Crippen LogP contribution in [0.3, 0.4) is 0 Å². The van der Waals surface area contributed by atoms with Crippen molar-refractivity contribution < 1.29 is 4.74 Å². The fourth-order valence-electron chi connectivity index (χ4n) is 3.90. The average molecular weight is 362 g/mol. The Morgan fingerprint density at radius 1 is 1.11 bits per heavy atom. The van der Waals surface area contributed by atoms with Crippen LogP contribution in [0, 0.1) is 0 Å². The van der Waals surface area contributed by atoms with Crippen LogP contribution >= 0.6 is 0 Å². The molecule has 3 aromatic rings. The molecule has 27 heavy (non-hydrogen) atoms. The van der Waals surface area contributed by atoms with Crippen LogP contribution in [0.15, 0.2) is 48.5 Å². The molecule has 1 aliphatic rings. The van der Waals surface area contributed by atoms with Gasteiger partial charge in [-0.3, -0.25) is 0 Å². The second kappa shape index (κ2) is 7.43. The number of hydrogen-bond acceptors (Lipinski definition) is 4. The molecule has 0 N–H and O–H groups in total. The van der Waals surface area contributed by atoms with Crippen LogP contribution in [0.25, 0.3) is 0 Å². The Morgan fingerprint density at radius 3 is 2.70 bits per heavy atom. The van der Waals surface area contributed by atoms with Gasteiger partial charge in [0.05, 0.1) is 7.11 Å². The molecule has 0 fully saturated rings. The molecule has 2 heterocycles. The second-order valence-electron chi connectivity index (χ2n) is 7.30. The monoisotopic (exact) mass is 362 g/mol. The Hall–Kier alpha value is -2.82. The molecule has 5 nitrogen and oxygen atoms in total. The minimum Gasteiger partial charge on any atom is -0.497 e. The van der Waals surface area contributed by atoms with Crippen LogP contribution in [-0.4, -0.2) is 35.0 Å². The van der Waals surface area contributed by atoms with Crippen molar-refractivity contribution in [2.24, 2.45) is 7.05 Å². The fraction of sp³-hybridized carbons (Fsp3) is 0.364. The zero-order chi connectivity index (χ0) is 18.8. The summed E-state index contributed by atoms with van der Waals surface area (Å²) in [6, 6.07) is 16.9. The molecule has 1 unspecified atom stereocenters. The van der Waals surface area contributed by atoms with Crippen molar-refractivity contribution >= 4 is 5.95 Å². The van der Waals surface area contributed by atoms with Crippen LogP contribution in [0.1, 0.15) is 35.4 Å². The second-order valence-corrected chi connectivity index (χ2v) is 7.30. The van der Waals surface area contributed by atoms with Gasteiger partial charge in [0.1, 0.15) is 11.6 Å². The third kappa shape index (κ3) is 3.54. The molecule has 0 saturated carbocycles. The van der Waals surface area contributed by atoms with Gasteiger partial charge in [0.25, 0.3) is 0 Å². The third-order valence-electron chi connectivity index (χ3n) is 5.46. The zero-order valence-electron chi connectivity index (χ0n) is 16.2. The smallest absolute Gasteiger partial charge is 0.227 e. The number of rotatable bonds is 4. The first-order valence-electron chi connectivity index (χ1n) is 9.49. The van der Waals surface area contributed by atoms with E-state index in [1.165, 1.54) is 16.7 Å². The number of fused-ring (bicyclic) bond motifs is 1. The van der Waals surface area contributed by atoms with E-state index in [1.54, 1.807) is 7.11 Å². The summed E-state index contributed by atoms with van der Waals surface area (Å²) in [6.07, 6.45) is 1.80. The highest BCUT2D eigenvalue weighted by Crippen LogP contribution is 2.30. The summed E-state index contributed by atoms with van der Waals surface area (Å²) in [4.78, 5) is 2.36. The van der Waals surface area contributed by atoms with E-state index in [2.05, 4.69) is 76.1 Å². The van der Waals surface area contributed by atoms with Crippen LogP contribution in [0.5, 0.6) is 5.75 Å². The lowest BCUT2D eigenvalue weighted by molar-refractivity contribution is 0.414. The number of methoxy groups -OCH3 is 1. The van der Waals surface area contributed by atoms with E-state index in [9.17, 15) is 0 Å². The molecule has 1 atom stereocenters.